The maximum absolute atomic E-state index is 8.24. The van der Waals surface area contributed by atoms with Crippen molar-refractivity contribution in [3.63, 3.8) is 0 Å². The summed E-state index contributed by atoms with van der Waals surface area (Å²) in [7, 11) is 0. The van der Waals surface area contributed by atoms with Gasteiger partial charge in [-0.2, -0.15) is 0 Å². The lowest BCUT2D eigenvalue weighted by atomic mass is 10.2. The molecule has 0 aromatic rings. The first-order valence-corrected chi connectivity index (χ1v) is 2.63. The Morgan fingerprint density at radius 2 is 1.88 bits per heavy atom. The van der Waals surface area contributed by atoms with Gasteiger partial charge in [-0.3, -0.25) is 0 Å². The lowest BCUT2D eigenvalue weighted by Crippen LogP contribution is -2.02. The Balaban J connectivity index is 0. The Morgan fingerprint density at radius 1 is 1.38 bits per heavy atom. The monoisotopic (exact) mass is 120 g/mol. The first-order chi connectivity index (χ1) is 3.27. The molecule has 0 aromatic carbocycles. The molecule has 0 aliphatic rings. The molecular formula is C6H16O2. The molecule has 0 atom stereocenters. The molecule has 0 unspecified atom stereocenters. The molecule has 0 amide bonds. The molecule has 0 fully saturated rings. The van der Waals surface area contributed by atoms with Gasteiger partial charge in [0.05, 0.1) is 0 Å². The van der Waals surface area contributed by atoms with Crippen molar-refractivity contribution < 1.29 is 10.2 Å². The normalized spacial score (nSPS) is 9.00. The fourth-order valence-electron chi connectivity index (χ4n) is 0.387. The standard InChI is InChI=1S/C5H12O2.CH4/c1-2-3-4-5(6)7;/h5-7H,2-4H2,1H3;1H4. The van der Waals surface area contributed by atoms with Crippen molar-refractivity contribution in [3.8, 4) is 0 Å². The molecule has 0 saturated heterocycles. The summed E-state index contributed by atoms with van der Waals surface area (Å²) in [6.45, 7) is 2.02. The summed E-state index contributed by atoms with van der Waals surface area (Å²) in [5.74, 6) is 0. The minimum Gasteiger partial charge on any atom is -0.368 e. The lowest BCUT2D eigenvalue weighted by Gasteiger charge is -1.97. The molecule has 0 saturated carbocycles. The summed E-state index contributed by atoms with van der Waals surface area (Å²) in [4.78, 5) is 0. The highest BCUT2D eigenvalue weighted by molar-refractivity contribution is 4.36. The topological polar surface area (TPSA) is 40.5 Å². The highest BCUT2D eigenvalue weighted by atomic mass is 16.5. The van der Waals surface area contributed by atoms with E-state index in [1.165, 1.54) is 0 Å². The summed E-state index contributed by atoms with van der Waals surface area (Å²) in [5, 5.41) is 16.5. The van der Waals surface area contributed by atoms with E-state index in [1.807, 2.05) is 6.92 Å². The number of hydrogen-bond donors (Lipinski definition) is 2. The van der Waals surface area contributed by atoms with Crippen molar-refractivity contribution >= 4 is 0 Å². The van der Waals surface area contributed by atoms with Gasteiger partial charge in [0.25, 0.3) is 0 Å². The zero-order chi connectivity index (χ0) is 5.70. The van der Waals surface area contributed by atoms with Gasteiger partial charge in [-0.15, -0.1) is 0 Å². The molecule has 0 aliphatic carbocycles. The van der Waals surface area contributed by atoms with Crippen LogP contribution >= 0.6 is 0 Å². The van der Waals surface area contributed by atoms with Crippen molar-refractivity contribution in [1.82, 2.24) is 0 Å². The predicted octanol–water partition coefficient (Wildman–Crippen LogP) is 1.12. The van der Waals surface area contributed by atoms with Gasteiger partial charge in [-0.05, 0) is 12.8 Å². The molecule has 0 aliphatic heterocycles. The third-order valence-electron chi connectivity index (χ3n) is 0.816. The van der Waals surface area contributed by atoms with Crippen LogP contribution in [0.15, 0.2) is 0 Å². The summed E-state index contributed by atoms with van der Waals surface area (Å²) < 4.78 is 0. The first-order valence-electron chi connectivity index (χ1n) is 2.63. The van der Waals surface area contributed by atoms with Crippen LogP contribution in [0.2, 0.25) is 0 Å². The predicted molar refractivity (Wildman–Crippen MR) is 34.5 cm³/mol. The van der Waals surface area contributed by atoms with Crippen LogP contribution in [-0.4, -0.2) is 16.5 Å². The molecular weight excluding hydrogens is 104 g/mol. The highest BCUT2D eigenvalue weighted by Gasteiger charge is 1.92. The van der Waals surface area contributed by atoms with Gasteiger partial charge in [-0.25, -0.2) is 0 Å². The second kappa shape index (κ2) is 6.92. The van der Waals surface area contributed by atoms with Crippen LogP contribution in [0.4, 0.5) is 0 Å². The Hall–Kier alpha value is -0.0800. The number of aliphatic hydroxyl groups is 2. The molecule has 2 nitrogen and oxygen atoms in total. The number of aliphatic hydroxyl groups excluding tert-OH is 1. The van der Waals surface area contributed by atoms with Gasteiger partial charge in [0.1, 0.15) is 0 Å². The average Bonchev–Trinajstić information content (AvgIpc) is 1.61. The van der Waals surface area contributed by atoms with Crippen molar-refractivity contribution in [2.75, 3.05) is 0 Å². The Morgan fingerprint density at radius 3 is 2.00 bits per heavy atom. The molecule has 0 aromatic heterocycles. The Labute approximate surface area is 51.2 Å². The van der Waals surface area contributed by atoms with Gasteiger partial charge in [0.15, 0.2) is 6.29 Å². The van der Waals surface area contributed by atoms with Crippen molar-refractivity contribution in [2.24, 2.45) is 0 Å². The van der Waals surface area contributed by atoms with Gasteiger partial charge >= 0.3 is 0 Å². The minimum absolute atomic E-state index is 0. The van der Waals surface area contributed by atoms with Crippen LogP contribution in [0.25, 0.3) is 0 Å². The van der Waals surface area contributed by atoms with Gasteiger partial charge in [0.2, 0.25) is 0 Å². The molecule has 8 heavy (non-hydrogen) atoms. The van der Waals surface area contributed by atoms with Gasteiger partial charge in [-0.1, -0.05) is 20.8 Å². The third-order valence-corrected chi connectivity index (χ3v) is 0.816. The molecule has 2 N–H and O–H groups in total. The second-order valence-electron chi connectivity index (χ2n) is 1.62. The van der Waals surface area contributed by atoms with E-state index in [0.717, 1.165) is 12.8 Å². The largest absolute Gasteiger partial charge is 0.368 e. The van der Waals surface area contributed by atoms with E-state index in [1.54, 1.807) is 0 Å². The van der Waals surface area contributed by atoms with E-state index in [9.17, 15) is 0 Å². The number of hydrogen-bond acceptors (Lipinski definition) is 2. The summed E-state index contributed by atoms with van der Waals surface area (Å²) in [5.41, 5.74) is 0. The zero-order valence-electron chi connectivity index (χ0n) is 4.59. The van der Waals surface area contributed by atoms with Crippen LogP contribution in [0.1, 0.15) is 33.6 Å². The quantitative estimate of drug-likeness (QED) is 0.548. The SMILES string of the molecule is C.CCCCC(O)O. The van der Waals surface area contributed by atoms with E-state index in [4.69, 9.17) is 10.2 Å². The number of unbranched alkanes of at least 4 members (excludes halogenated alkanes) is 1. The van der Waals surface area contributed by atoms with Crippen LogP contribution in [-0.2, 0) is 0 Å². The van der Waals surface area contributed by atoms with Gasteiger partial charge in [0, 0.05) is 0 Å². The Kier molecular flexibility index (Phi) is 9.36. The van der Waals surface area contributed by atoms with Crippen LogP contribution in [0, 0.1) is 0 Å². The van der Waals surface area contributed by atoms with E-state index in [0.29, 0.717) is 6.42 Å². The minimum atomic E-state index is -1.10. The average molecular weight is 120 g/mol. The van der Waals surface area contributed by atoms with Crippen LogP contribution < -0.4 is 0 Å². The molecule has 0 radical (unpaired) electrons. The Bertz CT molecular complexity index is 35.5. The molecule has 0 rings (SSSR count). The molecule has 2 heteroatoms. The maximum Gasteiger partial charge on any atom is 0.151 e. The van der Waals surface area contributed by atoms with Crippen molar-refractivity contribution in [1.29, 1.82) is 0 Å². The van der Waals surface area contributed by atoms with Crippen LogP contribution in [0.3, 0.4) is 0 Å². The fourth-order valence-corrected chi connectivity index (χ4v) is 0.387. The maximum atomic E-state index is 8.24. The van der Waals surface area contributed by atoms with Crippen LogP contribution in [0.5, 0.6) is 0 Å². The zero-order valence-corrected chi connectivity index (χ0v) is 4.59. The molecule has 52 valence electrons. The van der Waals surface area contributed by atoms with E-state index < -0.39 is 6.29 Å². The summed E-state index contributed by atoms with van der Waals surface area (Å²) >= 11 is 0. The smallest absolute Gasteiger partial charge is 0.151 e. The van der Waals surface area contributed by atoms with Crippen molar-refractivity contribution in [2.45, 2.75) is 39.9 Å². The van der Waals surface area contributed by atoms with E-state index in [-0.39, 0.29) is 7.43 Å². The fraction of sp³-hybridized carbons (Fsp3) is 1.00. The van der Waals surface area contributed by atoms with Crippen molar-refractivity contribution in [3.05, 3.63) is 0 Å². The third kappa shape index (κ3) is 9.33. The molecule has 0 spiro atoms. The first kappa shape index (κ1) is 10.8. The molecule has 0 bridgehead atoms. The molecule has 0 heterocycles. The lowest BCUT2D eigenvalue weighted by molar-refractivity contribution is -0.0463. The summed E-state index contributed by atoms with van der Waals surface area (Å²) in [6, 6.07) is 0. The van der Waals surface area contributed by atoms with E-state index >= 15 is 0 Å². The van der Waals surface area contributed by atoms with Gasteiger partial charge < -0.3 is 10.2 Å². The highest BCUT2D eigenvalue weighted by Crippen LogP contribution is 1.95. The second-order valence-corrected chi connectivity index (χ2v) is 1.62. The number of rotatable bonds is 3. The van der Waals surface area contributed by atoms with E-state index in [2.05, 4.69) is 0 Å². The summed E-state index contributed by atoms with van der Waals surface area (Å²) in [6.07, 6.45) is 1.34.